The summed E-state index contributed by atoms with van der Waals surface area (Å²) >= 11 is 0. The summed E-state index contributed by atoms with van der Waals surface area (Å²) in [6, 6.07) is 9.61. The van der Waals surface area contributed by atoms with Crippen LogP contribution in [-0.4, -0.2) is 23.0 Å². The summed E-state index contributed by atoms with van der Waals surface area (Å²) in [4.78, 5) is 16.7. The maximum absolute atomic E-state index is 12.4. The third-order valence-electron chi connectivity index (χ3n) is 4.25. The van der Waals surface area contributed by atoms with Crippen molar-refractivity contribution >= 4 is 16.8 Å². The summed E-state index contributed by atoms with van der Waals surface area (Å²) in [6.45, 7) is 0. The van der Waals surface area contributed by atoms with Crippen molar-refractivity contribution in [2.45, 2.75) is 44.2 Å². The molecule has 1 aliphatic rings. The van der Waals surface area contributed by atoms with Crippen LogP contribution in [0.2, 0.25) is 0 Å². The summed E-state index contributed by atoms with van der Waals surface area (Å²) in [6.07, 6.45) is 7.23. The zero-order valence-electron chi connectivity index (χ0n) is 12.1. The minimum Gasteiger partial charge on any atom is -0.348 e. The Bertz CT molecular complexity index is 641. The van der Waals surface area contributed by atoms with Gasteiger partial charge in [0.1, 0.15) is 0 Å². The maximum atomic E-state index is 12.4. The Balaban J connectivity index is 1.76. The lowest BCUT2D eigenvalue weighted by Crippen LogP contribution is -2.46. The van der Waals surface area contributed by atoms with E-state index in [2.05, 4.69) is 10.3 Å². The molecular formula is C17H21N3O. The number of hydrogen-bond acceptors (Lipinski definition) is 3. The average Bonchev–Trinajstić information content (AvgIpc) is 2.72. The fraction of sp³-hybridized carbons (Fsp3) is 0.412. The van der Waals surface area contributed by atoms with Gasteiger partial charge >= 0.3 is 0 Å². The molecule has 1 aliphatic carbocycles. The van der Waals surface area contributed by atoms with Crippen LogP contribution >= 0.6 is 0 Å². The van der Waals surface area contributed by atoms with Crippen LogP contribution in [-0.2, 0) is 0 Å². The number of nitrogens with zero attached hydrogens (tertiary/aromatic N) is 1. The predicted octanol–water partition coefficient (Wildman–Crippen LogP) is 2.62. The molecule has 21 heavy (non-hydrogen) atoms. The Kier molecular flexibility index (Phi) is 4.15. The van der Waals surface area contributed by atoms with Crippen molar-refractivity contribution in [3.05, 3.63) is 42.1 Å². The van der Waals surface area contributed by atoms with E-state index in [1.807, 2.05) is 30.3 Å². The first-order chi connectivity index (χ1) is 10.2. The highest BCUT2D eigenvalue weighted by molar-refractivity contribution is 5.98. The number of fused-ring (bicyclic) bond motifs is 1. The van der Waals surface area contributed by atoms with Gasteiger partial charge in [-0.05, 0) is 37.1 Å². The van der Waals surface area contributed by atoms with Gasteiger partial charge < -0.3 is 11.1 Å². The van der Waals surface area contributed by atoms with Gasteiger partial charge in [0, 0.05) is 29.2 Å². The van der Waals surface area contributed by atoms with Crippen molar-refractivity contribution < 1.29 is 4.79 Å². The highest BCUT2D eigenvalue weighted by Gasteiger charge is 2.22. The summed E-state index contributed by atoms with van der Waals surface area (Å²) in [5.41, 5.74) is 7.75. The van der Waals surface area contributed by atoms with E-state index in [4.69, 9.17) is 5.73 Å². The Labute approximate surface area is 124 Å². The molecule has 4 heteroatoms. The Morgan fingerprint density at radius 2 is 2.05 bits per heavy atom. The number of benzene rings is 1. The van der Waals surface area contributed by atoms with Gasteiger partial charge in [0.25, 0.3) is 5.91 Å². The second-order valence-electron chi connectivity index (χ2n) is 5.79. The topological polar surface area (TPSA) is 68.0 Å². The molecule has 1 saturated carbocycles. The van der Waals surface area contributed by atoms with E-state index >= 15 is 0 Å². The van der Waals surface area contributed by atoms with Gasteiger partial charge in [-0.25, -0.2) is 0 Å². The molecule has 1 fully saturated rings. The van der Waals surface area contributed by atoms with E-state index in [1.165, 1.54) is 6.42 Å². The zero-order chi connectivity index (χ0) is 14.7. The lowest BCUT2D eigenvalue weighted by Gasteiger charge is -2.22. The summed E-state index contributed by atoms with van der Waals surface area (Å²) < 4.78 is 0. The van der Waals surface area contributed by atoms with Crippen molar-refractivity contribution in [2.75, 3.05) is 0 Å². The summed E-state index contributed by atoms with van der Waals surface area (Å²) in [5, 5.41) is 4.09. The summed E-state index contributed by atoms with van der Waals surface area (Å²) in [5.74, 6) is -0.0388. The van der Waals surface area contributed by atoms with Gasteiger partial charge in [0.15, 0.2) is 0 Å². The highest BCUT2D eigenvalue weighted by Crippen LogP contribution is 2.18. The number of nitrogens with two attached hydrogens (primary N) is 1. The molecule has 3 N–H and O–H groups in total. The Morgan fingerprint density at radius 3 is 2.95 bits per heavy atom. The fourth-order valence-electron chi connectivity index (χ4n) is 2.98. The molecule has 2 atom stereocenters. The first-order valence-corrected chi connectivity index (χ1v) is 7.65. The molecule has 0 radical (unpaired) electrons. The van der Waals surface area contributed by atoms with Gasteiger partial charge in [-0.3, -0.25) is 9.78 Å². The number of aromatic nitrogens is 1. The number of rotatable bonds is 2. The lowest BCUT2D eigenvalue weighted by atomic mass is 10.0. The van der Waals surface area contributed by atoms with Gasteiger partial charge in [-0.2, -0.15) is 0 Å². The molecule has 1 amide bonds. The Morgan fingerprint density at radius 1 is 1.19 bits per heavy atom. The normalized spacial score (nSPS) is 22.7. The molecule has 0 bridgehead atoms. The number of nitrogens with one attached hydrogen (secondary N) is 1. The van der Waals surface area contributed by atoms with Gasteiger partial charge in [-0.15, -0.1) is 0 Å². The van der Waals surface area contributed by atoms with Gasteiger partial charge in [-0.1, -0.05) is 25.3 Å². The molecule has 1 aromatic carbocycles. The van der Waals surface area contributed by atoms with Crippen LogP contribution in [0.3, 0.4) is 0 Å². The SMILES string of the molecule is NC1CCCCCC1NC(=O)c1ccc2ncccc2c1. The zero-order valence-corrected chi connectivity index (χ0v) is 12.1. The van der Waals surface area contributed by atoms with Crippen LogP contribution < -0.4 is 11.1 Å². The molecule has 0 spiro atoms. The number of carbonyl (C=O) groups excluding carboxylic acids is 1. The average molecular weight is 283 g/mol. The van der Waals surface area contributed by atoms with Crippen LogP contribution in [0.4, 0.5) is 0 Å². The van der Waals surface area contributed by atoms with Gasteiger partial charge in [0.2, 0.25) is 0 Å². The van der Waals surface area contributed by atoms with Crippen molar-refractivity contribution in [1.82, 2.24) is 10.3 Å². The van der Waals surface area contributed by atoms with Crippen molar-refractivity contribution in [3.63, 3.8) is 0 Å². The molecule has 0 saturated heterocycles. The molecular weight excluding hydrogens is 262 g/mol. The number of carbonyl (C=O) groups is 1. The predicted molar refractivity (Wildman–Crippen MR) is 84.1 cm³/mol. The third kappa shape index (κ3) is 3.22. The second kappa shape index (κ2) is 6.22. The smallest absolute Gasteiger partial charge is 0.251 e. The monoisotopic (exact) mass is 283 g/mol. The number of hydrogen-bond donors (Lipinski definition) is 2. The van der Waals surface area contributed by atoms with E-state index in [-0.39, 0.29) is 18.0 Å². The quantitative estimate of drug-likeness (QED) is 0.832. The molecule has 2 unspecified atom stereocenters. The molecule has 110 valence electrons. The molecule has 2 aromatic rings. The van der Waals surface area contributed by atoms with Crippen LogP contribution in [0.25, 0.3) is 10.9 Å². The standard InChI is InChI=1S/C17H21N3O/c18-14-6-2-1-3-7-16(14)20-17(21)13-8-9-15-12(11-13)5-4-10-19-15/h4-5,8-11,14,16H,1-3,6-7,18H2,(H,20,21). The first-order valence-electron chi connectivity index (χ1n) is 7.65. The summed E-state index contributed by atoms with van der Waals surface area (Å²) in [7, 11) is 0. The van der Waals surface area contributed by atoms with Gasteiger partial charge in [0.05, 0.1) is 5.52 Å². The molecule has 4 nitrogen and oxygen atoms in total. The molecule has 1 heterocycles. The van der Waals surface area contributed by atoms with Crippen molar-refractivity contribution in [2.24, 2.45) is 5.73 Å². The van der Waals surface area contributed by atoms with E-state index in [9.17, 15) is 4.79 Å². The number of amides is 1. The molecule has 1 aromatic heterocycles. The first kappa shape index (κ1) is 14.0. The Hall–Kier alpha value is -1.94. The minimum atomic E-state index is -0.0388. The maximum Gasteiger partial charge on any atom is 0.251 e. The van der Waals surface area contributed by atoms with E-state index in [0.717, 1.165) is 36.6 Å². The number of pyridine rings is 1. The largest absolute Gasteiger partial charge is 0.348 e. The lowest BCUT2D eigenvalue weighted by molar-refractivity contribution is 0.0929. The van der Waals surface area contributed by atoms with E-state index in [0.29, 0.717) is 5.56 Å². The van der Waals surface area contributed by atoms with Crippen LogP contribution in [0.1, 0.15) is 42.5 Å². The van der Waals surface area contributed by atoms with Crippen LogP contribution in [0, 0.1) is 0 Å². The van der Waals surface area contributed by atoms with Crippen molar-refractivity contribution in [1.29, 1.82) is 0 Å². The molecule has 3 rings (SSSR count). The van der Waals surface area contributed by atoms with Crippen LogP contribution in [0.15, 0.2) is 36.5 Å². The highest BCUT2D eigenvalue weighted by atomic mass is 16.1. The fourth-order valence-corrected chi connectivity index (χ4v) is 2.98. The minimum absolute atomic E-state index is 0.0388. The third-order valence-corrected chi connectivity index (χ3v) is 4.25. The molecule has 0 aliphatic heterocycles. The second-order valence-corrected chi connectivity index (χ2v) is 5.79. The van der Waals surface area contributed by atoms with E-state index in [1.54, 1.807) is 6.20 Å². The van der Waals surface area contributed by atoms with Crippen LogP contribution in [0.5, 0.6) is 0 Å². The van der Waals surface area contributed by atoms with E-state index < -0.39 is 0 Å². The van der Waals surface area contributed by atoms with Crippen molar-refractivity contribution in [3.8, 4) is 0 Å².